The van der Waals surface area contributed by atoms with E-state index in [1.807, 2.05) is 18.3 Å². The van der Waals surface area contributed by atoms with Gasteiger partial charge in [-0.1, -0.05) is 0 Å². The van der Waals surface area contributed by atoms with Crippen molar-refractivity contribution in [2.45, 2.75) is 31.7 Å². The van der Waals surface area contributed by atoms with Crippen molar-refractivity contribution in [1.82, 2.24) is 4.98 Å². The first-order valence-corrected chi connectivity index (χ1v) is 6.14. The van der Waals surface area contributed by atoms with E-state index in [1.165, 1.54) is 25.7 Å². The van der Waals surface area contributed by atoms with E-state index >= 15 is 0 Å². The molecule has 16 heavy (non-hydrogen) atoms. The van der Waals surface area contributed by atoms with E-state index < -0.39 is 0 Å². The highest BCUT2D eigenvalue weighted by molar-refractivity contribution is 5.50. The van der Waals surface area contributed by atoms with Crippen LogP contribution in [-0.4, -0.2) is 18.1 Å². The summed E-state index contributed by atoms with van der Waals surface area (Å²) >= 11 is 0. The summed E-state index contributed by atoms with van der Waals surface area (Å²) < 4.78 is 5.32. The molecular formula is C13H18N2O. The van der Waals surface area contributed by atoms with Gasteiger partial charge in [-0.05, 0) is 49.7 Å². The molecule has 2 saturated carbocycles. The van der Waals surface area contributed by atoms with E-state index in [0.29, 0.717) is 6.04 Å². The molecule has 1 aromatic rings. The molecule has 0 amide bonds. The third-order valence-electron chi connectivity index (χ3n) is 3.55. The molecule has 0 spiro atoms. The number of aromatic nitrogens is 1. The highest BCUT2D eigenvalue weighted by Gasteiger charge is 2.41. The molecule has 2 aliphatic rings. The molecule has 0 bridgehead atoms. The Labute approximate surface area is 96.2 Å². The Kier molecular flexibility index (Phi) is 2.46. The Hall–Kier alpha value is -1.25. The maximum atomic E-state index is 5.32. The third kappa shape index (κ3) is 1.99. The molecule has 2 fully saturated rings. The minimum absolute atomic E-state index is 0.629. The van der Waals surface area contributed by atoms with Crippen LogP contribution in [0.5, 0.6) is 5.75 Å². The molecule has 0 unspecified atom stereocenters. The minimum atomic E-state index is 0.629. The van der Waals surface area contributed by atoms with Crippen LogP contribution in [0.3, 0.4) is 0 Å². The molecule has 3 heteroatoms. The molecule has 3 nitrogen and oxygen atoms in total. The molecule has 0 aliphatic heterocycles. The van der Waals surface area contributed by atoms with Crippen molar-refractivity contribution in [2.75, 3.05) is 12.4 Å². The van der Waals surface area contributed by atoms with Gasteiger partial charge in [-0.2, -0.15) is 0 Å². The van der Waals surface area contributed by atoms with Gasteiger partial charge >= 0.3 is 0 Å². The standard InChI is InChI=1S/C13H18N2O/c1-16-11-3-2-8-14-13(11)15-12(9-4-5-9)10-6-7-10/h2-3,8-10,12H,4-7H2,1H3,(H,14,15). The maximum absolute atomic E-state index is 5.32. The first-order chi connectivity index (χ1) is 7.88. The van der Waals surface area contributed by atoms with Gasteiger partial charge in [0.15, 0.2) is 11.6 Å². The molecule has 86 valence electrons. The zero-order chi connectivity index (χ0) is 11.0. The summed E-state index contributed by atoms with van der Waals surface area (Å²) in [5, 5.41) is 3.59. The van der Waals surface area contributed by atoms with E-state index in [-0.39, 0.29) is 0 Å². The summed E-state index contributed by atoms with van der Waals surface area (Å²) in [5.74, 6) is 3.51. The van der Waals surface area contributed by atoms with E-state index in [1.54, 1.807) is 7.11 Å². The molecule has 2 aliphatic carbocycles. The van der Waals surface area contributed by atoms with E-state index in [9.17, 15) is 0 Å². The first kappa shape index (κ1) is 9.94. The largest absolute Gasteiger partial charge is 0.493 e. The monoisotopic (exact) mass is 218 g/mol. The van der Waals surface area contributed by atoms with Crippen LogP contribution >= 0.6 is 0 Å². The number of hydrogen-bond acceptors (Lipinski definition) is 3. The molecular weight excluding hydrogens is 200 g/mol. The van der Waals surface area contributed by atoms with Crippen LogP contribution in [0.2, 0.25) is 0 Å². The zero-order valence-electron chi connectivity index (χ0n) is 9.65. The second kappa shape index (κ2) is 3.96. The Morgan fingerprint density at radius 1 is 1.31 bits per heavy atom. The maximum Gasteiger partial charge on any atom is 0.168 e. The Morgan fingerprint density at radius 3 is 2.56 bits per heavy atom. The number of pyridine rings is 1. The molecule has 0 saturated heterocycles. The first-order valence-electron chi connectivity index (χ1n) is 6.14. The van der Waals surface area contributed by atoms with Gasteiger partial charge in [0.2, 0.25) is 0 Å². The van der Waals surface area contributed by atoms with Crippen molar-refractivity contribution >= 4 is 5.82 Å². The number of nitrogens with one attached hydrogen (secondary N) is 1. The van der Waals surface area contributed by atoms with Crippen LogP contribution in [0.15, 0.2) is 18.3 Å². The number of ether oxygens (including phenoxy) is 1. The van der Waals surface area contributed by atoms with Crippen molar-refractivity contribution in [3.05, 3.63) is 18.3 Å². The summed E-state index contributed by atoms with van der Waals surface area (Å²) in [6.45, 7) is 0. The summed E-state index contributed by atoms with van der Waals surface area (Å²) in [6.07, 6.45) is 7.33. The molecule has 3 rings (SSSR count). The van der Waals surface area contributed by atoms with Crippen molar-refractivity contribution < 1.29 is 4.74 Å². The summed E-state index contributed by atoms with van der Waals surface area (Å²) in [6, 6.07) is 4.50. The van der Waals surface area contributed by atoms with Gasteiger partial charge in [-0.3, -0.25) is 0 Å². The smallest absolute Gasteiger partial charge is 0.168 e. The lowest BCUT2D eigenvalue weighted by molar-refractivity contribution is 0.413. The predicted molar refractivity (Wildman–Crippen MR) is 63.6 cm³/mol. The molecule has 1 heterocycles. The average Bonchev–Trinajstić information content (AvgIpc) is 3.18. The number of anilines is 1. The van der Waals surface area contributed by atoms with Crippen LogP contribution < -0.4 is 10.1 Å². The Balaban J connectivity index is 1.75. The van der Waals surface area contributed by atoms with Gasteiger partial charge in [0.25, 0.3) is 0 Å². The highest BCUT2D eigenvalue weighted by Crippen LogP contribution is 2.46. The SMILES string of the molecule is COc1cccnc1NC(C1CC1)C1CC1. The summed E-state index contributed by atoms with van der Waals surface area (Å²) in [5.41, 5.74) is 0. The van der Waals surface area contributed by atoms with Crippen molar-refractivity contribution in [2.24, 2.45) is 11.8 Å². The number of methoxy groups -OCH3 is 1. The third-order valence-corrected chi connectivity index (χ3v) is 3.55. The fourth-order valence-electron chi connectivity index (χ4n) is 2.35. The minimum Gasteiger partial charge on any atom is -0.493 e. The fraction of sp³-hybridized carbons (Fsp3) is 0.615. The van der Waals surface area contributed by atoms with Gasteiger partial charge in [0.05, 0.1) is 7.11 Å². The van der Waals surface area contributed by atoms with E-state index in [0.717, 1.165) is 23.4 Å². The molecule has 0 aromatic carbocycles. The van der Waals surface area contributed by atoms with Crippen LogP contribution in [0, 0.1) is 11.8 Å². The Morgan fingerprint density at radius 2 is 2.00 bits per heavy atom. The normalized spacial score (nSPS) is 19.9. The van der Waals surface area contributed by atoms with Crippen LogP contribution in [0.25, 0.3) is 0 Å². The highest BCUT2D eigenvalue weighted by atomic mass is 16.5. The summed E-state index contributed by atoms with van der Waals surface area (Å²) in [4.78, 5) is 4.37. The lowest BCUT2D eigenvalue weighted by atomic mass is 10.1. The topological polar surface area (TPSA) is 34.1 Å². The van der Waals surface area contributed by atoms with E-state index in [2.05, 4.69) is 10.3 Å². The quantitative estimate of drug-likeness (QED) is 0.825. The molecule has 1 N–H and O–H groups in total. The second-order valence-corrected chi connectivity index (χ2v) is 4.90. The average molecular weight is 218 g/mol. The van der Waals surface area contributed by atoms with Crippen LogP contribution in [0.4, 0.5) is 5.82 Å². The van der Waals surface area contributed by atoms with Crippen LogP contribution in [0.1, 0.15) is 25.7 Å². The predicted octanol–water partition coefficient (Wildman–Crippen LogP) is 2.69. The Bertz CT molecular complexity index is 360. The summed E-state index contributed by atoms with van der Waals surface area (Å²) in [7, 11) is 1.70. The van der Waals surface area contributed by atoms with Gasteiger partial charge in [0, 0.05) is 12.2 Å². The van der Waals surface area contributed by atoms with E-state index in [4.69, 9.17) is 4.74 Å². The zero-order valence-corrected chi connectivity index (χ0v) is 9.65. The van der Waals surface area contributed by atoms with Crippen molar-refractivity contribution in [3.8, 4) is 5.75 Å². The van der Waals surface area contributed by atoms with Gasteiger partial charge in [-0.25, -0.2) is 4.98 Å². The lowest BCUT2D eigenvalue weighted by Crippen LogP contribution is -2.25. The van der Waals surface area contributed by atoms with Gasteiger partial charge in [0.1, 0.15) is 0 Å². The molecule has 0 atom stereocenters. The van der Waals surface area contributed by atoms with Gasteiger partial charge < -0.3 is 10.1 Å². The number of nitrogens with zero attached hydrogens (tertiary/aromatic N) is 1. The van der Waals surface area contributed by atoms with Crippen molar-refractivity contribution in [3.63, 3.8) is 0 Å². The number of rotatable bonds is 5. The van der Waals surface area contributed by atoms with Crippen molar-refractivity contribution in [1.29, 1.82) is 0 Å². The van der Waals surface area contributed by atoms with Gasteiger partial charge in [-0.15, -0.1) is 0 Å². The number of hydrogen-bond donors (Lipinski definition) is 1. The fourth-order valence-corrected chi connectivity index (χ4v) is 2.35. The molecule has 1 aromatic heterocycles. The van der Waals surface area contributed by atoms with Crippen LogP contribution in [-0.2, 0) is 0 Å². The lowest BCUT2D eigenvalue weighted by Gasteiger charge is -2.19. The second-order valence-electron chi connectivity index (χ2n) is 4.90. The molecule has 0 radical (unpaired) electrons.